The number of hydrogen-bond acceptors (Lipinski definition) is 3. The monoisotopic (exact) mass is 372 g/mol. The zero-order chi connectivity index (χ0) is 18.5. The van der Waals surface area contributed by atoms with Crippen LogP contribution in [-0.4, -0.2) is 43.0 Å². The number of carbonyl (C=O) groups is 2. The molecular formula is C19H21ClN4O2. The third-order valence-electron chi connectivity index (χ3n) is 4.19. The maximum absolute atomic E-state index is 12.5. The van der Waals surface area contributed by atoms with Crippen molar-refractivity contribution in [3.05, 3.63) is 53.6 Å². The first-order chi connectivity index (χ1) is 12.5. The van der Waals surface area contributed by atoms with Gasteiger partial charge in [-0.3, -0.25) is 4.79 Å². The zero-order valence-electron chi connectivity index (χ0n) is 14.5. The first-order valence-electron chi connectivity index (χ1n) is 8.46. The van der Waals surface area contributed by atoms with Crippen molar-refractivity contribution < 1.29 is 9.59 Å². The zero-order valence-corrected chi connectivity index (χ0v) is 15.3. The topological polar surface area (TPSA) is 64.7 Å². The molecule has 7 heteroatoms. The fraction of sp³-hybridized carbons (Fsp3) is 0.263. The summed E-state index contributed by atoms with van der Waals surface area (Å²) in [6.45, 7) is 4.13. The molecule has 3 amide bonds. The van der Waals surface area contributed by atoms with E-state index in [4.69, 9.17) is 11.6 Å². The number of rotatable bonds is 3. The Balaban J connectivity index is 1.57. The summed E-state index contributed by atoms with van der Waals surface area (Å²) in [5.41, 5.74) is 2.30. The highest BCUT2D eigenvalue weighted by atomic mass is 35.5. The number of carbonyl (C=O) groups excluding carboxylic acids is 2. The number of anilines is 3. The van der Waals surface area contributed by atoms with Gasteiger partial charge >= 0.3 is 6.03 Å². The lowest BCUT2D eigenvalue weighted by molar-refractivity contribution is -0.114. The van der Waals surface area contributed by atoms with Gasteiger partial charge in [0.1, 0.15) is 0 Å². The Morgan fingerprint density at radius 2 is 1.58 bits per heavy atom. The van der Waals surface area contributed by atoms with E-state index >= 15 is 0 Å². The number of halogens is 1. The first-order valence-corrected chi connectivity index (χ1v) is 8.84. The van der Waals surface area contributed by atoms with Crippen LogP contribution in [0.1, 0.15) is 6.92 Å². The Morgan fingerprint density at radius 1 is 0.923 bits per heavy atom. The number of urea groups is 1. The van der Waals surface area contributed by atoms with E-state index in [1.54, 1.807) is 29.2 Å². The molecule has 0 aliphatic carbocycles. The first kappa shape index (κ1) is 18.1. The van der Waals surface area contributed by atoms with E-state index in [2.05, 4.69) is 15.5 Å². The molecule has 2 N–H and O–H groups in total. The predicted molar refractivity (Wildman–Crippen MR) is 105 cm³/mol. The van der Waals surface area contributed by atoms with Crippen LogP contribution in [0.25, 0.3) is 0 Å². The SMILES string of the molecule is CC(=O)Nc1cccc(NC(=O)N2CCN(c3ccccc3Cl)CC2)c1. The van der Waals surface area contributed by atoms with Crippen LogP contribution in [0.4, 0.5) is 21.9 Å². The molecule has 26 heavy (non-hydrogen) atoms. The number of nitrogens with one attached hydrogen (secondary N) is 2. The van der Waals surface area contributed by atoms with E-state index in [-0.39, 0.29) is 11.9 Å². The van der Waals surface area contributed by atoms with Crippen molar-refractivity contribution in [1.29, 1.82) is 0 Å². The highest BCUT2D eigenvalue weighted by Crippen LogP contribution is 2.26. The molecule has 0 unspecified atom stereocenters. The van der Waals surface area contributed by atoms with E-state index in [0.717, 1.165) is 23.8 Å². The molecule has 0 saturated carbocycles. The summed E-state index contributed by atoms with van der Waals surface area (Å²) < 4.78 is 0. The van der Waals surface area contributed by atoms with Crippen LogP contribution >= 0.6 is 11.6 Å². The number of amides is 3. The second kappa shape index (κ2) is 8.10. The number of hydrogen-bond donors (Lipinski definition) is 2. The second-order valence-electron chi connectivity index (χ2n) is 6.12. The molecule has 0 spiro atoms. The lowest BCUT2D eigenvalue weighted by atomic mass is 10.2. The van der Waals surface area contributed by atoms with Gasteiger partial charge in [-0.2, -0.15) is 0 Å². The average molecular weight is 373 g/mol. The summed E-state index contributed by atoms with van der Waals surface area (Å²) >= 11 is 6.25. The van der Waals surface area contributed by atoms with Crippen molar-refractivity contribution in [1.82, 2.24) is 4.90 Å². The lowest BCUT2D eigenvalue weighted by Crippen LogP contribution is -2.50. The summed E-state index contributed by atoms with van der Waals surface area (Å²) in [6, 6.07) is 14.7. The molecular weight excluding hydrogens is 352 g/mol. The van der Waals surface area contributed by atoms with Gasteiger partial charge in [0.2, 0.25) is 5.91 Å². The van der Waals surface area contributed by atoms with E-state index < -0.39 is 0 Å². The van der Waals surface area contributed by atoms with Crippen molar-refractivity contribution in [3.63, 3.8) is 0 Å². The summed E-state index contributed by atoms with van der Waals surface area (Å²) in [7, 11) is 0. The van der Waals surface area contributed by atoms with Crippen molar-refractivity contribution >= 4 is 40.6 Å². The van der Waals surface area contributed by atoms with Gasteiger partial charge in [0, 0.05) is 44.5 Å². The van der Waals surface area contributed by atoms with E-state index in [1.165, 1.54) is 6.92 Å². The summed E-state index contributed by atoms with van der Waals surface area (Å²) in [5.74, 6) is -0.149. The van der Waals surface area contributed by atoms with E-state index in [0.29, 0.717) is 24.5 Å². The fourth-order valence-corrected chi connectivity index (χ4v) is 3.19. The molecule has 2 aromatic carbocycles. The molecule has 2 aromatic rings. The molecule has 1 fully saturated rings. The van der Waals surface area contributed by atoms with Crippen LogP contribution in [0.15, 0.2) is 48.5 Å². The number of nitrogens with zero attached hydrogens (tertiary/aromatic N) is 2. The maximum atomic E-state index is 12.5. The Morgan fingerprint density at radius 3 is 2.23 bits per heavy atom. The van der Waals surface area contributed by atoms with E-state index in [1.807, 2.05) is 24.3 Å². The third-order valence-corrected chi connectivity index (χ3v) is 4.51. The van der Waals surface area contributed by atoms with Crippen molar-refractivity contribution in [2.75, 3.05) is 41.7 Å². The molecule has 1 heterocycles. The van der Waals surface area contributed by atoms with Crippen LogP contribution in [0, 0.1) is 0 Å². The number of para-hydroxylation sites is 1. The Bertz CT molecular complexity index is 804. The number of piperazine rings is 1. The standard InChI is InChI=1S/C19H21ClN4O2/c1-14(25)21-15-5-4-6-16(13-15)22-19(26)24-11-9-23(10-12-24)18-8-3-2-7-17(18)20/h2-8,13H,9-12H2,1H3,(H,21,25)(H,22,26). The Kier molecular flexibility index (Phi) is 5.63. The van der Waals surface area contributed by atoms with Crippen LogP contribution < -0.4 is 15.5 Å². The van der Waals surface area contributed by atoms with Gasteiger partial charge in [0.25, 0.3) is 0 Å². The van der Waals surface area contributed by atoms with Crippen LogP contribution in [0.5, 0.6) is 0 Å². The minimum Gasteiger partial charge on any atom is -0.367 e. The molecule has 3 rings (SSSR count). The van der Waals surface area contributed by atoms with Gasteiger partial charge in [-0.1, -0.05) is 29.8 Å². The van der Waals surface area contributed by atoms with Crippen LogP contribution in [-0.2, 0) is 4.79 Å². The van der Waals surface area contributed by atoms with Crippen molar-refractivity contribution in [2.45, 2.75) is 6.92 Å². The van der Waals surface area contributed by atoms with Gasteiger partial charge in [0.05, 0.1) is 10.7 Å². The third kappa shape index (κ3) is 4.46. The van der Waals surface area contributed by atoms with Crippen molar-refractivity contribution in [3.8, 4) is 0 Å². The van der Waals surface area contributed by atoms with Gasteiger partial charge in [-0.15, -0.1) is 0 Å². The number of benzene rings is 2. The molecule has 0 aromatic heterocycles. The smallest absolute Gasteiger partial charge is 0.321 e. The minimum absolute atomic E-state index is 0.149. The molecule has 0 radical (unpaired) electrons. The summed E-state index contributed by atoms with van der Waals surface area (Å²) in [6.07, 6.45) is 0. The van der Waals surface area contributed by atoms with Gasteiger partial charge < -0.3 is 20.4 Å². The summed E-state index contributed by atoms with van der Waals surface area (Å²) in [5, 5.41) is 6.31. The molecule has 136 valence electrons. The van der Waals surface area contributed by atoms with Gasteiger partial charge in [0.15, 0.2) is 0 Å². The minimum atomic E-state index is -0.149. The second-order valence-corrected chi connectivity index (χ2v) is 6.52. The fourth-order valence-electron chi connectivity index (χ4n) is 2.94. The normalized spacial score (nSPS) is 14.1. The quantitative estimate of drug-likeness (QED) is 0.864. The predicted octanol–water partition coefficient (Wildman–Crippen LogP) is 3.65. The Labute approximate surface area is 157 Å². The van der Waals surface area contributed by atoms with Gasteiger partial charge in [-0.25, -0.2) is 4.79 Å². The molecule has 0 bridgehead atoms. The van der Waals surface area contributed by atoms with E-state index in [9.17, 15) is 9.59 Å². The maximum Gasteiger partial charge on any atom is 0.321 e. The molecule has 1 saturated heterocycles. The highest BCUT2D eigenvalue weighted by molar-refractivity contribution is 6.33. The van der Waals surface area contributed by atoms with Gasteiger partial charge in [-0.05, 0) is 30.3 Å². The highest BCUT2D eigenvalue weighted by Gasteiger charge is 2.22. The molecule has 6 nitrogen and oxygen atoms in total. The molecule has 1 aliphatic rings. The molecule has 1 aliphatic heterocycles. The molecule has 0 atom stereocenters. The largest absolute Gasteiger partial charge is 0.367 e. The van der Waals surface area contributed by atoms with Crippen LogP contribution in [0.3, 0.4) is 0 Å². The Hall–Kier alpha value is -2.73. The average Bonchev–Trinajstić information content (AvgIpc) is 2.62. The van der Waals surface area contributed by atoms with Crippen molar-refractivity contribution in [2.24, 2.45) is 0 Å². The lowest BCUT2D eigenvalue weighted by Gasteiger charge is -2.36. The van der Waals surface area contributed by atoms with Crippen LogP contribution in [0.2, 0.25) is 5.02 Å². The summed E-state index contributed by atoms with van der Waals surface area (Å²) in [4.78, 5) is 27.6.